The monoisotopic (exact) mass is 372 g/mol. The van der Waals surface area contributed by atoms with Crippen molar-refractivity contribution in [1.82, 2.24) is 9.97 Å². The minimum Gasteiger partial charge on any atom is -0.378 e. The standard InChI is InChI=1S/C19H25FN6O/c1-27-16-12-26(13-16)19-22-10-15(11-23-19)24-5-7-25(8-6-24)17-4-2-3-14(9-21)18(17)20/h2-4,10-11,16H,5-9,12-13,21H2,1H3. The molecule has 7 nitrogen and oxygen atoms in total. The molecule has 144 valence electrons. The van der Waals surface area contributed by atoms with Crippen molar-refractivity contribution in [3.8, 4) is 0 Å². The summed E-state index contributed by atoms with van der Waals surface area (Å²) in [7, 11) is 1.73. The predicted octanol–water partition coefficient (Wildman–Crippen LogP) is 1.24. The number of methoxy groups -OCH3 is 1. The number of benzene rings is 1. The van der Waals surface area contributed by atoms with E-state index in [1.54, 1.807) is 13.2 Å². The summed E-state index contributed by atoms with van der Waals surface area (Å²) in [4.78, 5) is 15.4. The third kappa shape index (κ3) is 3.54. The van der Waals surface area contributed by atoms with Crippen molar-refractivity contribution in [2.75, 3.05) is 61.1 Å². The van der Waals surface area contributed by atoms with Crippen molar-refractivity contribution in [3.63, 3.8) is 0 Å². The predicted molar refractivity (Wildman–Crippen MR) is 104 cm³/mol. The zero-order valence-electron chi connectivity index (χ0n) is 15.5. The molecule has 2 aliphatic heterocycles. The van der Waals surface area contributed by atoms with Crippen molar-refractivity contribution in [3.05, 3.63) is 42.0 Å². The van der Waals surface area contributed by atoms with Gasteiger partial charge in [0.15, 0.2) is 5.82 Å². The molecule has 4 rings (SSSR count). The molecule has 8 heteroatoms. The Labute approximate surface area is 158 Å². The topological polar surface area (TPSA) is 70.8 Å². The van der Waals surface area contributed by atoms with Crippen LogP contribution in [-0.4, -0.2) is 62.5 Å². The first kappa shape index (κ1) is 17.9. The molecule has 27 heavy (non-hydrogen) atoms. The molecule has 2 aromatic rings. The van der Waals surface area contributed by atoms with E-state index in [-0.39, 0.29) is 18.5 Å². The zero-order chi connectivity index (χ0) is 18.8. The maximum Gasteiger partial charge on any atom is 0.225 e. The van der Waals surface area contributed by atoms with Gasteiger partial charge in [-0.1, -0.05) is 12.1 Å². The molecular weight excluding hydrogens is 347 g/mol. The van der Waals surface area contributed by atoms with Crippen molar-refractivity contribution in [1.29, 1.82) is 0 Å². The summed E-state index contributed by atoms with van der Waals surface area (Å²) in [6.07, 6.45) is 4.01. The van der Waals surface area contributed by atoms with Gasteiger partial charge in [0, 0.05) is 58.5 Å². The molecule has 0 atom stereocenters. The van der Waals surface area contributed by atoms with Crippen LogP contribution in [0, 0.1) is 5.82 Å². The number of hydrogen-bond acceptors (Lipinski definition) is 7. The van der Waals surface area contributed by atoms with Crippen LogP contribution in [0.25, 0.3) is 0 Å². The highest BCUT2D eigenvalue weighted by molar-refractivity contribution is 5.53. The van der Waals surface area contributed by atoms with Crippen molar-refractivity contribution >= 4 is 17.3 Å². The third-order valence-electron chi connectivity index (χ3n) is 5.35. The van der Waals surface area contributed by atoms with Gasteiger partial charge in [-0.2, -0.15) is 0 Å². The number of ether oxygens (including phenoxy) is 1. The summed E-state index contributed by atoms with van der Waals surface area (Å²) < 4.78 is 19.8. The SMILES string of the molecule is COC1CN(c2ncc(N3CCN(c4cccc(CN)c4F)CC3)cn2)C1. The van der Waals surface area contributed by atoms with Crippen molar-refractivity contribution in [2.24, 2.45) is 5.73 Å². The molecule has 2 saturated heterocycles. The smallest absolute Gasteiger partial charge is 0.225 e. The van der Waals surface area contributed by atoms with Crippen LogP contribution in [0.5, 0.6) is 0 Å². The van der Waals surface area contributed by atoms with Gasteiger partial charge in [0.1, 0.15) is 0 Å². The molecule has 2 N–H and O–H groups in total. The highest BCUT2D eigenvalue weighted by Crippen LogP contribution is 2.25. The number of hydrogen-bond donors (Lipinski definition) is 1. The summed E-state index contributed by atoms with van der Waals surface area (Å²) in [5.74, 6) is 0.538. The van der Waals surface area contributed by atoms with E-state index in [0.29, 0.717) is 11.3 Å². The Morgan fingerprint density at radius 3 is 2.37 bits per heavy atom. The summed E-state index contributed by atoms with van der Waals surface area (Å²) in [5, 5.41) is 0. The van der Waals surface area contributed by atoms with Gasteiger partial charge in [0.2, 0.25) is 5.95 Å². The Morgan fingerprint density at radius 1 is 1.07 bits per heavy atom. The fourth-order valence-corrected chi connectivity index (χ4v) is 3.57. The Kier molecular flexibility index (Phi) is 5.09. The quantitative estimate of drug-likeness (QED) is 0.847. The maximum absolute atomic E-state index is 14.5. The molecular formula is C19H25FN6O. The Morgan fingerprint density at radius 2 is 1.74 bits per heavy atom. The Bertz CT molecular complexity index is 772. The molecule has 2 aliphatic rings. The van der Waals surface area contributed by atoms with Gasteiger partial charge < -0.3 is 25.2 Å². The van der Waals surface area contributed by atoms with Gasteiger partial charge in [-0.15, -0.1) is 0 Å². The largest absolute Gasteiger partial charge is 0.378 e. The van der Waals surface area contributed by atoms with Crippen molar-refractivity contribution in [2.45, 2.75) is 12.6 Å². The summed E-state index contributed by atoms with van der Waals surface area (Å²) >= 11 is 0. The fourth-order valence-electron chi connectivity index (χ4n) is 3.57. The van der Waals surface area contributed by atoms with E-state index in [2.05, 4.69) is 24.7 Å². The van der Waals surface area contributed by atoms with Crippen LogP contribution in [0.1, 0.15) is 5.56 Å². The molecule has 0 unspecified atom stereocenters. The molecule has 0 spiro atoms. The number of aromatic nitrogens is 2. The minimum atomic E-state index is -0.204. The summed E-state index contributed by atoms with van der Waals surface area (Å²) in [5.41, 5.74) is 7.81. The Balaban J connectivity index is 1.37. The second-order valence-corrected chi connectivity index (χ2v) is 6.93. The van der Waals surface area contributed by atoms with E-state index in [0.717, 1.165) is 50.9 Å². The lowest BCUT2D eigenvalue weighted by Gasteiger charge is -2.39. The number of anilines is 3. The highest BCUT2D eigenvalue weighted by atomic mass is 19.1. The van der Waals surface area contributed by atoms with Crippen molar-refractivity contribution < 1.29 is 9.13 Å². The zero-order valence-corrected chi connectivity index (χ0v) is 15.5. The average molecular weight is 372 g/mol. The first-order chi connectivity index (χ1) is 13.2. The second-order valence-electron chi connectivity index (χ2n) is 6.93. The first-order valence-electron chi connectivity index (χ1n) is 9.26. The van der Waals surface area contributed by atoms with Gasteiger partial charge in [-0.05, 0) is 6.07 Å². The van der Waals surface area contributed by atoms with Gasteiger partial charge in [0.25, 0.3) is 0 Å². The molecule has 2 fully saturated rings. The third-order valence-corrected chi connectivity index (χ3v) is 5.35. The molecule has 0 bridgehead atoms. The summed E-state index contributed by atoms with van der Waals surface area (Å²) in [6, 6.07) is 5.42. The highest BCUT2D eigenvalue weighted by Gasteiger charge is 2.28. The average Bonchev–Trinajstić information content (AvgIpc) is 2.68. The maximum atomic E-state index is 14.5. The van der Waals surface area contributed by atoms with E-state index in [1.807, 2.05) is 24.5 Å². The number of nitrogens with zero attached hydrogens (tertiary/aromatic N) is 5. The lowest BCUT2D eigenvalue weighted by atomic mass is 10.1. The van der Waals surface area contributed by atoms with Crippen LogP contribution >= 0.6 is 0 Å². The summed E-state index contributed by atoms with van der Waals surface area (Å²) in [6.45, 7) is 4.97. The van der Waals surface area contributed by atoms with E-state index in [9.17, 15) is 4.39 Å². The van der Waals surface area contributed by atoms with Gasteiger partial charge in [-0.3, -0.25) is 0 Å². The van der Waals surface area contributed by atoms with Crippen LogP contribution in [0.2, 0.25) is 0 Å². The number of nitrogens with two attached hydrogens (primary N) is 1. The van der Waals surface area contributed by atoms with Gasteiger partial charge >= 0.3 is 0 Å². The molecule has 1 aromatic carbocycles. The van der Waals surface area contributed by atoms with E-state index in [4.69, 9.17) is 10.5 Å². The second kappa shape index (κ2) is 7.66. The van der Waals surface area contributed by atoms with E-state index >= 15 is 0 Å². The van der Waals surface area contributed by atoms with Crippen LogP contribution in [0.15, 0.2) is 30.6 Å². The molecule has 0 aliphatic carbocycles. The van der Waals surface area contributed by atoms with E-state index < -0.39 is 0 Å². The molecule has 0 radical (unpaired) electrons. The number of halogens is 1. The first-order valence-corrected chi connectivity index (χ1v) is 9.26. The normalized spacial score (nSPS) is 18.0. The molecule has 1 aromatic heterocycles. The fraction of sp³-hybridized carbons (Fsp3) is 0.474. The molecule has 3 heterocycles. The van der Waals surface area contributed by atoms with Crippen LogP contribution < -0.4 is 20.4 Å². The van der Waals surface area contributed by atoms with Crippen LogP contribution in [0.3, 0.4) is 0 Å². The Hall–Kier alpha value is -2.45. The van der Waals surface area contributed by atoms with Gasteiger partial charge in [-0.25, -0.2) is 14.4 Å². The van der Waals surface area contributed by atoms with Crippen LogP contribution in [-0.2, 0) is 11.3 Å². The molecule has 0 saturated carbocycles. The van der Waals surface area contributed by atoms with Gasteiger partial charge in [0.05, 0.1) is 29.9 Å². The molecule has 0 amide bonds. The minimum absolute atomic E-state index is 0.204. The number of rotatable bonds is 5. The van der Waals surface area contributed by atoms with Crippen LogP contribution in [0.4, 0.5) is 21.7 Å². The number of piperazine rings is 1. The lowest BCUT2D eigenvalue weighted by molar-refractivity contribution is 0.0778. The van der Waals surface area contributed by atoms with E-state index in [1.165, 1.54) is 0 Å². The lowest BCUT2D eigenvalue weighted by Crippen LogP contribution is -2.52.